The summed E-state index contributed by atoms with van der Waals surface area (Å²) in [6.45, 7) is 6.76. The number of carbonyl (C=O) groups is 1. The van der Waals surface area contributed by atoms with Crippen molar-refractivity contribution in [2.45, 2.75) is 32.7 Å². The van der Waals surface area contributed by atoms with E-state index in [4.69, 9.17) is 5.73 Å². The molecule has 0 spiro atoms. The summed E-state index contributed by atoms with van der Waals surface area (Å²) in [6.07, 6.45) is 0. The van der Waals surface area contributed by atoms with E-state index in [1.807, 2.05) is 24.3 Å². The van der Waals surface area contributed by atoms with Crippen molar-refractivity contribution in [2.24, 2.45) is 0 Å². The Hall–Kier alpha value is -1.95. The third-order valence-corrected chi connectivity index (χ3v) is 3.65. The van der Waals surface area contributed by atoms with Gasteiger partial charge in [-0.05, 0) is 23.1 Å². The molecule has 1 aromatic heterocycles. The molecular weight excluding hydrogens is 272 g/mol. The second-order valence-electron chi connectivity index (χ2n) is 5.54. The first-order chi connectivity index (χ1) is 9.36. The van der Waals surface area contributed by atoms with E-state index >= 15 is 0 Å². The maximum Gasteiger partial charge on any atom is 0.251 e. The molecule has 0 atom stereocenters. The highest BCUT2D eigenvalue weighted by Crippen LogP contribution is 2.22. The molecule has 1 heterocycles. The van der Waals surface area contributed by atoms with Gasteiger partial charge in [-0.1, -0.05) is 44.2 Å². The number of hydrogen-bond donors (Lipinski definition) is 2. The van der Waals surface area contributed by atoms with Crippen molar-refractivity contribution in [3.63, 3.8) is 0 Å². The van der Waals surface area contributed by atoms with E-state index in [2.05, 4.69) is 36.3 Å². The van der Waals surface area contributed by atoms with E-state index < -0.39 is 0 Å². The zero-order valence-corrected chi connectivity index (χ0v) is 12.6. The van der Waals surface area contributed by atoms with Gasteiger partial charge in [-0.2, -0.15) is 0 Å². The van der Waals surface area contributed by atoms with Crippen LogP contribution in [0.3, 0.4) is 0 Å². The van der Waals surface area contributed by atoms with Gasteiger partial charge >= 0.3 is 0 Å². The molecule has 20 heavy (non-hydrogen) atoms. The topological polar surface area (TPSA) is 80.9 Å². The van der Waals surface area contributed by atoms with Crippen LogP contribution in [-0.4, -0.2) is 16.1 Å². The van der Waals surface area contributed by atoms with Crippen molar-refractivity contribution in [1.82, 2.24) is 15.5 Å². The summed E-state index contributed by atoms with van der Waals surface area (Å²) in [5, 5.41) is 11.5. The van der Waals surface area contributed by atoms with Crippen LogP contribution >= 0.6 is 11.3 Å². The number of rotatable bonds is 3. The SMILES string of the molecule is CC(C)(C)c1ccc(C(=O)NCc2nnc(N)s2)cc1. The summed E-state index contributed by atoms with van der Waals surface area (Å²) in [5.74, 6) is -0.126. The van der Waals surface area contributed by atoms with Gasteiger partial charge in [0.05, 0.1) is 6.54 Å². The van der Waals surface area contributed by atoms with E-state index in [0.29, 0.717) is 22.2 Å². The monoisotopic (exact) mass is 290 g/mol. The minimum atomic E-state index is -0.126. The minimum absolute atomic E-state index is 0.0824. The number of benzene rings is 1. The molecule has 5 nitrogen and oxygen atoms in total. The first-order valence-electron chi connectivity index (χ1n) is 6.33. The van der Waals surface area contributed by atoms with Gasteiger partial charge in [0.1, 0.15) is 5.01 Å². The molecule has 0 saturated carbocycles. The fourth-order valence-corrected chi connectivity index (χ4v) is 2.27. The third kappa shape index (κ3) is 3.54. The molecule has 2 aromatic rings. The van der Waals surface area contributed by atoms with Crippen LogP contribution in [0.5, 0.6) is 0 Å². The Morgan fingerprint density at radius 1 is 1.25 bits per heavy atom. The predicted octanol–water partition coefficient (Wildman–Crippen LogP) is 2.35. The second kappa shape index (κ2) is 5.58. The summed E-state index contributed by atoms with van der Waals surface area (Å²) >= 11 is 1.27. The molecule has 0 aliphatic carbocycles. The standard InChI is InChI=1S/C14H18N4OS/c1-14(2,3)10-6-4-9(5-7-10)12(19)16-8-11-17-18-13(15)20-11/h4-7H,8H2,1-3H3,(H2,15,18)(H,16,19). The van der Waals surface area contributed by atoms with Gasteiger partial charge in [-0.25, -0.2) is 0 Å². The highest BCUT2D eigenvalue weighted by Gasteiger charge is 2.14. The first-order valence-corrected chi connectivity index (χ1v) is 7.14. The van der Waals surface area contributed by atoms with Gasteiger partial charge < -0.3 is 11.1 Å². The summed E-state index contributed by atoms with van der Waals surface area (Å²) in [5.41, 5.74) is 7.40. The van der Waals surface area contributed by atoms with Crippen LogP contribution in [0.2, 0.25) is 0 Å². The highest BCUT2D eigenvalue weighted by molar-refractivity contribution is 7.15. The summed E-state index contributed by atoms with van der Waals surface area (Å²) < 4.78 is 0. The number of anilines is 1. The van der Waals surface area contributed by atoms with Gasteiger partial charge in [0, 0.05) is 5.56 Å². The average Bonchev–Trinajstić information content (AvgIpc) is 2.81. The molecule has 0 aliphatic rings. The molecule has 106 valence electrons. The maximum absolute atomic E-state index is 12.0. The van der Waals surface area contributed by atoms with Crippen molar-refractivity contribution in [2.75, 3.05) is 5.73 Å². The fourth-order valence-electron chi connectivity index (χ4n) is 1.72. The van der Waals surface area contributed by atoms with E-state index in [-0.39, 0.29) is 11.3 Å². The van der Waals surface area contributed by atoms with Crippen molar-refractivity contribution in [3.05, 3.63) is 40.4 Å². The third-order valence-electron chi connectivity index (χ3n) is 2.90. The molecule has 1 aromatic carbocycles. The van der Waals surface area contributed by atoms with Gasteiger partial charge in [0.15, 0.2) is 0 Å². The van der Waals surface area contributed by atoms with E-state index in [1.165, 1.54) is 16.9 Å². The lowest BCUT2D eigenvalue weighted by Crippen LogP contribution is -2.23. The summed E-state index contributed by atoms with van der Waals surface area (Å²) in [4.78, 5) is 12.0. The Bertz CT molecular complexity index is 598. The van der Waals surface area contributed by atoms with Gasteiger partial charge in [0.25, 0.3) is 5.91 Å². The first kappa shape index (κ1) is 14.5. The predicted molar refractivity (Wildman–Crippen MR) is 80.6 cm³/mol. The normalized spacial score (nSPS) is 11.3. The number of nitrogen functional groups attached to an aromatic ring is 1. The number of nitrogens with two attached hydrogens (primary N) is 1. The molecule has 3 N–H and O–H groups in total. The second-order valence-corrected chi connectivity index (χ2v) is 6.64. The number of amides is 1. The van der Waals surface area contributed by atoms with Crippen LogP contribution in [0, 0.1) is 0 Å². The zero-order valence-electron chi connectivity index (χ0n) is 11.8. The van der Waals surface area contributed by atoms with Gasteiger partial charge in [-0.3, -0.25) is 4.79 Å². The zero-order chi connectivity index (χ0) is 14.8. The van der Waals surface area contributed by atoms with Crippen molar-refractivity contribution in [3.8, 4) is 0 Å². The van der Waals surface area contributed by atoms with Crippen LogP contribution < -0.4 is 11.1 Å². The largest absolute Gasteiger partial charge is 0.374 e. The van der Waals surface area contributed by atoms with Crippen LogP contribution in [0.25, 0.3) is 0 Å². The average molecular weight is 290 g/mol. The number of nitrogens with one attached hydrogen (secondary N) is 1. The fraction of sp³-hybridized carbons (Fsp3) is 0.357. The van der Waals surface area contributed by atoms with Crippen molar-refractivity contribution >= 4 is 22.4 Å². The molecule has 0 saturated heterocycles. The Morgan fingerprint density at radius 3 is 2.40 bits per heavy atom. The molecule has 6 heteroatoms. The van der Waals surface area contributed by atoms with Crippen LogP contribution in [0.4, 0.5) is 5.13 Å². The van der Waals surface area contributed by atoms with Crippen LogP contribution in [-0.2, 0) is 12.0 Å². The minimum Gasteiger partial charge on any atom is -0.374 e. The molecule has 2 rings (SSSR count). The van der Waals surface area contributed by atoms with Crippen molar-refractivity contribution < 1.29 is 4.79 Å². The molecule has 1 amide bonds. The Labute approximate surface area is 122 Å². The Balaban J connectivity index is 1.99. The lowest BCUT2D eigenvalue weighted by molar-refractivity contribution is 0.0951. The number of carbonyl (C=O) groups excluding carboxylic acids is 1. The maximum atomic E-state index is 12.0. The van der Waals surface area contributed by atoms with Crippen LogP contribution in [0.1, 0.15) is 41.7 Å². The van der Waals surface area contributed by atoms with E-state index in [9.17, 15) is 4.79 Å². The van der Waals surface area contributed by atoms with Gasteiger partial charge in [0.2, 0.25) is 5.13 Å². The van der Waals surface area contributed by atoms with Crippen molar-refractivity contribution in [1.29, 1.82) is 0 Å². The Kier molecular flexibility index (Phi) is 4.04. The number of aromatic nitrogens is 2. The molecule has 0 unspecified atom stereocenters. The molecule has 0 fully saturated rings. The molecule has 0 radical (unpaired) electrons. The summed E-state index contributed by atoms with van der Waals surface area (Å²) in [7, 11) is 0. The van der Waals surface area contributed by atoms with E-state index in [0.717, 1.165) is 0 Å². The quantitative estimate of drug-likeness (QED) is 0.909. The Morgan fingerprint density at radius 2 is 1.90 bits per heavy atom. The highest BCUT2D eigenvalue weighted by atomic mass is 32.1. The van der Waals surface area contributed by atoms with E-state index in [1.54, 1.807) is 0 Å². The summed E-state index contributed by atoms with van der Waals surface area (Å²) in [6, 6.07) is 7.64. The molecular formula is C14H18N4OS. The lowest BCUT2D eigenvalue weighted by Gasteiger charge is -2.19. The molecule has 0 bridgehead atoms. The lowest BCUT2D eigenvalue weighted by atomic mass is 9.87. The van der Waals surface area contributed by atoms with Crippen LogP contribution in [0.15, 0.2) is 24.3 Å². The number of nitrogens with zero attached hydrogens (tertiary/aromatic N) is 2. The smallest absolute Gasteiger partial charge is 0.251 e. The molecule has 0 aliphatic heterocycles. The van der Waals surface area contributed by atoms with Gasteiger partial charge in [-0.15, -0.1) is 10.2 Å². The number of hydrogen-bond acceptors (Lipinski definition) is 5.